The second-order valence-electron chi connectivity index (χ2n) is 7.07. The molecule has 0 unspecified atom stereocenters. The van der Waals surface area contributed by atoms with Gasteiger partial charge in [0.05, 0.1) is 0 Å². The summed E-state index contributed by atoms with van der Waals surface area (Å²) in [6.07, 6.45) is 7.06. The Morgan fingerprint density at radius 1 is 1.05 bits per heavy atom. The lowest BCUT2D eigenvalue weighted by atomic mass is 9.54. The highest BCUT2D eigenvalue weighted by atomic mass is 35.5. The number of hydrogen-bond donors (Lipinski definition) is 1. The highest BCUT2D eigenvalue weighted by Crippen LogP contribution is 2.53. The third-order valence-corrected chi connectivity index (χ3v) is 6.01. The third kappa shape index (κ3) is 2.27. The molecule has 4 aliphatic carbocycles. The van der Waals surface area contributed by atoms with Gasteiger partial charge >= 0.3 is 0 Å². The molecule has 0 aliphatic heterocycles. The van der Waals surface area contributed by atoms with Gasteiger partial charge in [-0.1, -0.05) is 17.7 Å². The molecule has 3 heteroatoms. The average molecular weight is 294 g/mol. The van der Waals surface area contributed by atoms with Crippen molar-refractivity contribution >= 4 is 11.6 Å². The van der Waals surface area contributed by atoms with Gasteiger partial charge in [-0.05, 0) is 67.9 Å². The van der Waals surface area contributed by atoms with Gasteiger partial charge in [-0.2, -0.15) is 0 Å². The van der Waals surface area contributed by atoms with Gasteiger partial charge in [0.25, 0.3) is 0 Å². The van der Waals surface area contributed by atoms with Crippen molar-refractivity contribution in [3.05, 3.63) is 34.6 Å². The number of benzene rings is 1. The first-order valence-electron chi connectivity index (χ1n) is 7.86. The van der Waals surface area contributed by atoms with E-state index < -0.39 is 0 Å². The SMILES string of the molecule is Fc1cc(Cl)ccc1CNC1C2CC3CC(C2)CC1C3. The molecule has 0 spiro atoms. The van der Waals surface area contributed by atoms with Crippen LogP contribution in [-0.4, -0.2) is 6.04 Å². The van der Waals surface area contributed by atoms with Crippen LogP contribution in [0, 0.1) is 29.5 Å². The fourth-order valence-corrected chi connectivity index (χ4v) is 5.31. The zero-order chi connectivity index (χ0) is 13.7. The first-order valence-corrected chi connectivity index (χ1v) is 8.24. The lowest BCUT2D eigenvalue weighted by molar-refractivity contribution is -0.0143. The Labute approximate surface area is 124 Å². The normalized spacial score (nSPS) is 38.4. The molecule has 0 aromatic heterocycles. The molecule has 1 N–H and O–H groups in total. The predicted molar refractivity (Wildman–Crippen MR) is 79.1 cm³/mol. The van der Waals surface area contributed by atoms with E-state index in [0.29, 0.717) is 17.6 Å². The molecule has 0 saturated heterocycles. The summed E-state index contributed by atoms with van der Waals surface area (Å²) in [5.74, 6) is 3.46. The van der Waals surface area contributed by atoms with Crippen LogP contribution >= 0.6 is 11.6 Å². The molecule has 20 heavy (non-hydrogen) atoms. The maximum atomic E-state index is 13.8. The largest absolute Gasteiger partial charge is 0.309 e. The van der Waals surface area contributed by atoms with Crippen LogP contribution in [0.3, 0.4) is 0 Å². The van der Waals surface area contributed by atoms with Gasteiger partial charge in [-0.25, -0.2) is 4.39 Å². The molecular formula is C17H21ClFN. The molecule has 0 amide bonds. The molecule has 4 saturated carbocycles. The van der Waals surface area contributed by atoms with Crippen molar-refractivity contribution in [2.24, 2.45) is 23.7 Å². The van der Waals surface area contributed by atoms with E-state index in [-0.39, 0.29) is 5.82 Å². The smallest absolute Gasteiger partial charge is 0.129 e. The minimum Gasteiger partial charge on any atom is -0.309 e. The molecule has 1 nitrogen and oxygen atoms in total. The maximum absolute atomic E-state index is 13.8. The predicted octanol–water partition coefficient (Wildman–Crippen LogP) is 4.39. The van der Waals surface area contributed by atoms with Crippen LogP contribution in [0.15, 0.2) is 18.2 Å². The van der Waals surface area contributed by atoms with E-state index >= 15 is 0 Å². The summed E-state index contributed by atoms with van der Waals surface area (Å²) in [5, 5.41) is 4.13. The summed E-state index contributed by atoms with van der Waals surface area (Å²) < 4.78 is 13.8. The lowest BCUT2D eigenvalue weighted by Crippen LogP contribution is -2.54. The van der Waals surface area contributed by atoms with E-state index in [1.165, 1.54) is 38.2 Å². The Hall–Kier alpha value is -0.600. The van der Waals surface area contributed by atoms with Crippen molar-refractivity contribution in [1.29, 1.82) is 0 Å². The monoisotopic (exact) mass is 293 g/mol. The molecule has 108 valence electrons. The van der Waals surface area contributed by atoms with E-state index in [1.54, 1.807) is 12.1 Å². The van der Waals surface area contributed by atoms with Crippen molar-refractivity contribution in [1.82, 2.24) is 5.32 Å². The Morgan fingerprint density at radius 3 is 2.30 bits per heavy atom. The first kappa shape index (κ1) is 13.1. The van der Waals surface area contributed by atoms with Crippen LogP contribution < -0.4 is 5.32 Å². The van der Waals surface area contributed by atoms with Crippen LogP contribution in [-0.2, 0) is 6.54 Å². The van der Waals surface area contributed by atoms with Gasteiger partial charge < -0.3 is 5.32 Å². The number of nitrogens with one attached hydrogen (secondary N) is 1. The standard InChI is InChI=1S/C17H21ClFN/c18-15-2-1-12(16(19)8-15)9-20-17-13-4-10-3-11(6-13)7-14(17)5-10/h1-2,8,10-11,13-14,17,20H,3-7,9H2. The Morgan fingerprint density at radius 2 is 1.70 bits per heavy atom. The van der Waals surface area contributed by atoms with Crippen LogP contribution in [0.1, 0.15) is 37.7 Å². The molecular weight excluding hydrogens is 273 g/mol. The van der Waals surface area contributed by atoms with Crippen molar-refractivity contribution in [2.75, 3.05) is 0 Å². The molecule has 4 bridgehead atoms. The molecule has 0 radical (unpaired) electrons. The minimum atomic E-state index is -0.186. The van der Waals surface area contributed by atoms with Gasteiger partial charge in [0, 0.05) is 23.2 Å². The summed E-state index contributed by atoms with van der Waals surface area (Å²) in [7, 11) is 0. The van der Waals surface area contributed by atoms with Crippen LogP contribution in [0.5, 0.6) is 0 Å². The minimum absolute atomic E-state index is 0.186. The van der Waals surface area contributed by atoms with Crippen molar-refractivity contribution in [2.45, 2.75) is 44.7 Å². The van der Waals surface area contributed by atoms with Gasteiger partial charge in [-0.15, -0.1) is 0 Å². The fourth-order valence-electron chi connectivity index (χ4n) is 5.15. The van der Waals surface area contributed by atoms with Gasteiger partial charge in [0.2, 0.25) is 0 Å². The molecule has 0 atom stereocenters. The van der Waals surface area contributed by atoms with E-state index in [1.807, 2.05) is 0 Å². The Kier molecular flexibility index (Phi) is 3.27. The average Bonchev–Trinajstić information content (AvgIpc) is 2.39. The van der Waals surface area contributed by atoms with Crippen LogP contribution in [0.2, 0.25) is 5.02 Å². The highest BCUT2D eigenvalue weighted by molar-refractivity contribution is 6.30. The fraction of sp³-hybridized carbons (Fsp3) is 0.647. The summed E-state index contributed by atoms with van der Waals surface area (Å²) in [6, 6.07) is 5.60. The van der Waals surface area contributed by atoms with Gasteiger partial charge in [-0.3, -0.25) is 0 Å². The Balaban J connectivity index is 1.44. The lowest BCUT2D eigenvalue weighted by Gasteiger charge is -2.54. The number of hydrogen-bond acceptors (Lipinski definition) is 1. The van der Waals surface area contributed by atoms with Crippen molar-refractivity contribution in [3.8, 4) is 0 Å². The van der Waals surface area contributed by atoms with Crippen LogP contribution in [0.25, 0.3) is 0 Å². The molecule has 1 aromatic rings. The molecule has 4 aliphatic rings. The van der Waals surface area contributed by atoms with E-state index in [9.17, 15) is 4.39 Å². The highest BCUT2D eigenvalue weighted by Gasteiger charge is 2.47. The number of halogens is 2. The van der Waals surface area contributed by atoms with E-state index in [4.69, 9.17) is 11.6 Å². The second kappa shape index (κ2) is 4.99. The molecule has 4 fully saturated rings. The first-order chi connectivity index (χ1) is 9.69. The zero-order valence-corrected chi connectivity index (χ0v) is 12.4. The van der Waals surface area contributed by atoms with E-state index in [2.05, 4.69) is 5.32 Å². The van der Waals surface area contributed by atoms with Gasteiger partial charge in [0.15, 0.2) is 0 Å². The third-order valence-electron chi connectivity index (χ3n) is 5.77. The van der Waals surface area contributed by atoms with E-state index in [0.717, 1.165) is 29.2 Å². The summed E-state index contributed by atoms with van der Waals surface area (Å²) in [4.78, 5) is 0. The van der Waals surface area contributed by atoms with Crippen molar-refractivity contribution < 1.29 is 4.39 Å². The Bertz CT molecular complexity index is 488. The van der Waals surface area contributed by atoms with Crippen LogP contribution in [0.4, 0.5) is 4.39 Å². The molecule has 1 aromatic carbocycles. The summed E-state index contributed by atoms with van der Waals surface area (Å²) in [5.41, 5.74) is 0.739. The molecule has 5 rings (SSSR count). The number of rotatable bonds is 3. The molecule has 0 heterocycles. The summed E-state index contributed by atoms with van der Waals surface area (Å²) >= 11 is 5.80. The zero-order valence-electron chi connectivity index (χ0n) is 11.6. The second-order valence-corrected chi connectivity index (χ2v) is 7.51. The van der Waals surface area contributed by atoms with Crippen molar-refractivity contribution in [3.63, 3.8) is 0 Å². The van der Waals surface area contributed by atoms with Gasteiger partial charge in [0.1, 0.15) is 5.82 Å². The summed E-state index contributed by atoms with van der Waals surface area (Å²) in [6.45, 7) is 0.635. The maximum Gasteiger partial charge on any atom is 0.129 e. The topological polar surface area (TPSA) is 12.0 Å². The quantitative estimate of drug-likeness (QED) is 0.871.